The van der Waals surface area contributed by atoms with Crippen LogP contribution in [0, 0.1) is 5.41 Å². The maximum atomic E-state index is 11.5. The summed E-state index contributed by atoms with van der Waals surface area (Å²) >= 11 is 0. The van der Waals surface area contributed by atoms with Crippen LogP contribution >= 0.6 is 0 Å². The molecular weight excluding hydrogens is 240 g/mol. The van der Waals surface area contributed by atoms with Gasteiger partial charge in [0.25, 0.3) is 0 Å². The lowest BCUT2D eigenvalue weighted by molar-refractivity contribution is -0.157. The Balaban J connectivity index is 2.07. The first-order valence-electron chi connectivity index (χ1n) is 7.61. The lowest BCUT2D eigenvalue weighted by atomic mass is 9.54. The molecule has 2 aliphatic rings. The van der Waals surface area contributed by atoms with Crippen molar-refractivity contribution in [3.8, 4) is 0 Å². The monoisotopic (exact) mass is 268 g/mol. The minimum atomic E-state index is -0.633. The van der Waals surface area contributed by atoms with Gasteiger partial charge in [-0.05, 0) is 40.0 Å². The van der Waals surface area contributed by atoms with Gasteiger partial charge in [0.15, 0.2) is 0 Å². The standard InChI is InChI=1S/C15H28N2O2/c1-4-19-12-10-11(17-14(2,3)13(16)18)15(12)8-6-5-7-9-15/h11-12,17H,4-10H2,1-3H3,(H2,16,18). The highest BCUT2D eigenvalue weighted by Crippen LogP contribution is 2.53. The molecule has 4 nitrogen and oxygen atoms in total. The number of hydrogen-bond donors (Lipinski definition) is 2. The van der Waals surface area contributed by atoms with Crippen molar-refractivity contribution in [2.45, 2.75) is 77.0 Å². The number of carbonyl (C=O) groups excluding carboxylic acids is 1. The maximum Gasteiger partial charge on any atom is 0.237 e. The predicted octanol–water partition coefficient (Wildman–Crippen LogP) is 1.97. The van der Waals surface area contributed by atoms with Gasteiger partial charge in [-0.25, -0.2) is 0 Å². The van der Waals surface area contributed by atoms with Crippen LogP contribution in [0.25, 0.3) is 0 Å². The number of ether oxygens (including phenoxy) is 1. The summed E-state index contributed by atoms with van der Waals surface area (Å²) in [5, 5.41) is 3.49. The van der Waals surface area contributed by atoms with E-state index in [-0.39, 0.29) is 11.3 Å². The van der Waals surface area contributed by atoms with E-state index in [1.807, 2.05) is 13.8 Å². The first kappa shape index (κ1) is 14.8. The maximum absolute atomic E-state index is 11.5. The lowest BCUT2D eigenvalue weighted by Gasteiger charge is -2.59. The van der Waals surface area contributed by atoms with Gasteiger partial charge in [0.1, 0.15) is 0 Å². The average Bonchev–Trinajstić information content (AvgIpc) is 2.38. The molecule has 1 spiro atoms. The van der Waals surface area contributed by atoms with Crippen LogP contribution in [0.5, 0.6) is 0 Å². The summed E-state index contributed by atoms with van der Waals surface area (Å²) in [6.07, 6.45) is 7.67. The molecule has 19 heavy (non-hydrogen) atoms. The summed E-state index contributed by atoms with van der Waals surface area (Å²) < 4.78 is 5.92. The Kier molecular flexibility index (Phi) is 4.21. The zero-order chi connectivity index (χ0) is 14.1. The van der Waals surface area contributed by atoms with Crippen LogP contribution in [-0.2, 0) is 9.53 Å². The third-order valence-electron chi connectivity index (χ3n) is 5.09. The molecule has 0 aromatic rings. The number of hydrogen-bond acceptors (Lipinski definition) is 3. The molecule has 0 aliphatic heterocycles. The summed E-state index contributed by atoms with van der Waals surface area (Å²) in [6.45, 7) is 6.59. The number of nitrogens with two attached hydrogens (primary N) is 1. The molecule has 2 unspecified atom stereocenters. The van der Waals surface area contributed by atoms with E-state index in [1.165, 1.54) is 32.1 Å². The van der Waals surface area contributed by atoms with Crippen molar-refractivity contribution in [1.29, 1.82) is 0 Å². The fraction of sp³-hybridized carbons (Fsp3) is 0.933. The number of carbonyl (C=O) groups is 1. The number of primary amides is 1. The molecule has 2 rings (SSSR count). The van der Waals surface area contributed by atoms with Gasteiger partial charge >= 0.3 is 0 Å². The molecule has 2 atom stereocenters. The summed E-state index contributed by atoms with van der Waals surface area (Å²) in [5.74, 6) is -0.279. The van der Waals surface area contributed by atoms with E-state index in [1.54, 1.807) is 0 Å². The molecule has 0 heterocycles. The highest BCUT2D eigenvalue weighted by molar-refractivity contribution is 5.83. The Bertz CT molecular complexity index is 335. The summed E-state index contributed by atoms with van der Waals surface area (Å²) in [5.41, 5.74) is 5.08. The van der Waals surface area contributed by atoms with Gasteiger partial charge in [0.2, 0.25) is 5.91 Å². The van der Waals surface area contributed by atoms with Gasteiger partial charge in [-0.3, -0.25) is 4.79 Å². The third kappa shape index (κ3) is 2.65. The van der Waals surface area contributed by atoms with E-state index in [0.29, 0.717) is 12.1 Å². The molecule has 0 aromatic carbocycles. The Hall–Kier alpha value is -0.610. The molecule has 2 saturated carbocycles. The lowest BCUT2D eigenvalue weighted by Crippen LogP contribution is -2.69. The Morgan fingerprint density at radius 3 is 2.53 bits per heavy atom. The highest BCUT2D eigenvalue weighted by atomic mass is 16.5. The van der Waals surface area contributed by atoms with E-state index in [0.717, 1.165) is 13.0 Å². The number of amides is 1. The Morgan fingerprint density at radius 2 is 2.00 bits per heavy atom. The normalized spacial score (nSPS) is 30.1. The van der Waals surface area contributed by atoms with E-state index in [2.05, 4.69) is 12.2 Å². The minimum Gasteiger partial charge on any atom is -0.378 e. The Labute approximate surface area is 116 Å². The molecule has 2 fully saturated rings. The van der Waals surface area contributed by atoms with E-state index in [4.69, 9.17) is 10.5 Å². The van der Waals surface area contributed by atoms with Crippen LogP contribution in [0.1, 0.15) is 59.3 Å². The van der Waals surface area contributed by atoms with Crippen LogP contribution < -0.4 is 11.1 Å². The summed E-state index contributed by atoms with van der Waals surface area (Å²) in [7, 11) is 0. The zero-order valence-corrected chi connectivity index (χ0v) is 12.5. The van der Waals surface area contributed by atoms with Crippen molar-refractivity contribution in [2.75, 3.05) is 6.61 Å². The van der Waals surface area contributed by atoms with Crippen LogP contribution in [0.15, 0.2) is 0 Å². The minimum absolute atomic E-state index is 0.237. The zero-order valence-electron chi connectivity index (χ0n) is 12.5. The van der Waals surface area contributed by atoms with Crippen LogP contribution in [0.3, 0.4) is 0 Å². The van der Waals surface area contributed by atoms with E-state index >= 15 is 0 Å². The van der Waals surface area contributed by atoms with Gasteiger partial charge in [0, 0.05) is 18.1 Å². The second-order valence-corrected chi connectivity index (χ2v) is 6.66. The van der Waals surface area contributed by atoms with Gasteiger partial charge in [-0.1, -0.05) is 19.3 Å². The van der Waals surface area contributed by atoms with Crippen LogP contribution in [0.2, 0.25) is 0 Å². The molecule has 0 radical (unpaired) electrons. The molecule has 0 saturated heterocycles. The van der Waals surface area contributed by atoms with Gasteiger partial charge < -0.3 is 15.8 Å². The number of rotatable bonds is 5. The average molecular weight is 268 g/mol. The van der Waals surface area contributed by atoms with Gasteiger partial charge in [-0.2, -0.15) is 0 Å². The first-order chi connectivity index (χ1) is 8.92. The van der Waals surface area contributed by atoms with Crippen molar-refractivity contribution >= 4 is 5.91 Å². The van der Waals surface area contributed by atoms with Crippen molar-refractivity contribution in [3.05, 3.63) is 0 Å². The van der Waals surface area contributed by atoms with E-state index < -0.39 is 5.54 Å². The second kappa shape index (κ2) is 5.41. The SMILES string of the molecule is CCOC1CC(NC(C)(C)C(N)=O)C12CCCCC2. The molecule has 1 amide bonds. The smallest absolute Gasteiger partial charge is 0.237 e. The van der Waals surface area contributed by atoms with Crippen LogP contribution in [-0.4, -0.2) is 30.2 Å². The molecule has 110 valence electrons. The van der Waals surface area contributed by atoms with Crippen molar-refractivity contribution < 1.29 is 9.53 Å². The highest BCUT2D eigenvalue weighted by Gasteiger charge is 2.56. The molecule has 4 heteroatoms. The molecular formula is C15H28N2O2. The van der Waals surface area contributed by atoms with Crippen molar-refractivity contribution in [3.63, 3.8) is 0 Å². The van der Waals surface area contributed by atoms with Crippen molar-refractivity contribution in [1.82, 2.24) is 5.32 Å². The van der Waals surface area contributed by atoms with E-state index in [9.17, 15) is 4.79 Å². The molecule has 3 N–H and O–H groups in total. The summed E-state index contributed by atoms with van der Waals surface area (Å²) in [6, 6.07) is 0.367. The third-order valence-corrected chi connectivity index (χ3v) is 5.09. The number of nitrogens with one attached hydrogen (secondary N) is 1. The molecule has 2 aliphatic carbocycles. The topological polar surface area (TPSA) is 64.3 Å². The van der Waals surface area contributed by atoms with Gasteiger partial charge in [-0.15, -0.1) is 0 Å². The fourth-order valence-corrected chi connectivity index (χ4v) is 3.77. The second-order valence-electron chi connectivity index (χ2n) is 6.66. The summed E-state index contributed by atoms with van der Waals surface area (Å²) in [4.78, 5) is 11.5. The fourth-order valence-electron chi connectivity index (χ4n) is 3.77. The molecule has 0 aromatic heterocycles. The van der Waals surface area contributed by atoms with Crippen molar-refractivity contribution in [2.24, 2.45) is 11.1 Å². The predicted molar refractivity (Wildman–Crippen MR) is 75.7 cm³/mol. The largest absolute Gasteiger partial charge is 0.378 e. The Morgan fingerprint density at radius 1 is 1.37 bits per heavy atom. The first-order valence-corrected chi connectivity index (χ1v) is 7.61. The van der Waals surface area contributed by atoms with Gasteiger partial charge in [0.05, 0.1) is 11.6 Å². The molecule has 0 bridgehead atoms. The van der Waals surface area contributed by atoms with Crippen LogP contribution in [0.4, 0.5) is 0 Å². The quantitative estimate of drug-likeness (QED) is 0.801.